The van der Waals surface area contributed by atoms with Crippen LogP contribution < -0.4 is 0 Å². The van der Waals surface area contributed by atoms with E-state index in [1.807, 2.05) is 6.20 Å². The highest BCUT2D eigenvalue weighted by Crippen LogP contribution is 2.11. The summed E-state index contributed by atoms with van der Waals surface area (Å²) in [6.45, 7) is 0. The minimum Gasteiger partial charge on any atom is -0.288 e. The van der Waals surface area contributed by atoms with Crippen LogP contribution in [0.1, 0.15) is 0 Å². The second kappa shape index (κ2) is 3.55. The average molecular weight is 304 g/mol. The summed E-state index contributed by atoms with van der Waals surface area (Å²) in [6, 6.07) is 0. The van der Waals surface area contributed by atoms with Crippen molar-refractivity contribution in [2.24, 2.45) is 0 Å². The van der Waals surface area contributed by atoms with E-state index in [1.165, 1.54) is 0 Å². The largest absolute Gasteiger partial charge is 0.288 e. The van der Waals surface area contributed by atoms with E-state index in [9.17, 15) is 0 Å². The van der Waals surface area contributed by atoms with Crippen LogP contribution in [-0.4, -0.2) is 19.5 Å². The molecule has 0 fully saturated rings. The Balaban J connectivity index is 2.46. The van der Waals surface area contributed by atoms with E-state index in [-0.39, 0.29) is 0 Å². The molecule has 0 N–H and O–H groups in total. The summed E-state index contributed by atoms with van der Waals surface area (Å²) in [7, 11) is 0. The second-order valence-electron chi connectivity index (χ2n) is 2.30. The molecule has 13 heavy (non-hydrogen) atoms. The molecule has 4 nitrogen and oxygen atoms in total. The van der Waals surface area contributed by atoms with E-state index < -0.39 is 0 Å². The fraction of sp³-hybridized carbons (Fsp3) is 0. The van der Waals surface area contributed by atoms with Gasteiger partial charge in [-0.05, 0) is 31.9 Å². The van der Waals surface area contributed by atoms with Gasteiger partial charge in [-0.1, -0.05) is 0 Å². The molecular weight excluding hydrogens is 300 g/mol. The van der Waals surface area contributed by atoms with Crippen molar-refractivity contribution < 1.29 is 0 Å². The van der Waals surface area contributed by atoms with Crippen molar-refractivity contribution in [3.8, 4) is 5.82 Å². The van der Waals surface area contributed by atoms with E-state index >= 15 is 0 Å². The quantitative estimate of drug-likeness (QED) is 0.811. The van der Waals surface area contributed by atoms with Gasteiger partial charge in [-0.2, -0.15) is 0 Å². The monoisotopic (exact) mass is 302 g/mol. The van der Waals surface area contributed by atoms with Crippen LogP contribution in [0.3, 0.4) is 0 Å². The third-order valence-corrected chi connectivity index (χ3v) is 2.20. The lowest BCUT2D eigenvalue weighted by atomic mass is 10.6. The molecule has 0 saturated carbocycles. The average Bonchev–Trinajstić information content (AvgIpc) is 2.52. The minimum atomic E-state index is 0.704. The third-order valence-electron chi connectivity index (χ3n) is 1.41. The van der Waals surface area contributed by atoms with Crippen LogP contribution in [0.15, 0.2) is 34.1 Å². The van der Waals surface area contributed by atoms with Gasteiger partial charge in [0, 0.05) is 6.20 Å². The molecule has 0 bridgehead atoms. The first-order valence-corrected chi connectivity index (χ1v) is 5.02. The summed E-state index contributed by atoms with van der Waals surface area (Å²) in [5, 5.41) is 0. The van der Waals surface area contributed by atoms with Gasteiger partial charge in [0.15, 0.2) is 5.82 Å². The normalized spacial score (nSPS) is 10.3. The van der Waals surface area contributed by atoms with Crippen molar-refractivity contribution in [2.75, 3.05) is 0 Å². The first-order valence-electron chi connectivity index (χ1n) is 3.43. The number of imidazole rings is 1. The van der Waals surface area contributed by atoms with Crippen LogP contribution in [0, 0.1) is 0 Å². The van der Waals surface area contributed by atoms with Crippen LogP contribution in [0.25, 0.3) is 5.82 Å². The van der Waals surface area contributed by atoms with E-state index in [0.29, 0.717) is 4.60 Å². The second-order valence-corrected chi connectivity index (χ2v) is 3.93. The minimum absolute atomic E-state index is 0.704. The standard InChI is InChI=1S/C7H4Br2N4/c8-5-1-10-2-7(12-5)13-3-6(9)11-4-13/h1-4H. The number of hydrogen-bond acceptors (Lipinski definition) is 3. The van der Waals surface area contributed by atoms with Gasteiger partial charge in [0.2, 0.25) is 0 Å². The SMILES string of the molecule is Brc1cn(-c2cncc(Br)n2)cn1. The Kier molecular flexibility index (Phi) is 2.41. The van der Waals surface area contributed by atoms with Crippen molar-refractivity contribution >= 4 is 31.9 Å². The molecule has 0 spiro atoms. The molecule has 0 aromatic carbocycles. The first kappa shape index (κ1) is 8.83. The Labute approximate surface area is 91.3 Å². The summed E-state index contributed by atoms with van der Waals surface area (Å²) in [5.74, 6) is 0.729. The number of aromatic nitrogens is 4. The molecule has 2 rings (SSSR count). The highest BCUT2D eigenvalue weighted by atomic mass is 79.9. The smallest absolute Gasteiger partial charge is 0.157 e. The Morgan fingerprint density at radius 3 is 2.62 bits per heavy atom. The predicted molar refractivity (Wildman–Crippen MR) is 54.6 cm³/mol. The zero-order valence-electron chi connectivity index (χ0n) is 6.35. The van der Waals surface area contributed by atoms with Crippen LogP contribution in [-0.2, 0) is 0 Å². The van der Waals surface area contributed by atoms with Crippen LogP contribution in [0.5, 0.6) is 0 Å². The van der Waals surface area contributed by atoms with E-state index in [2.05, 4.69) is 46.8 Å². The van der Waals surface area contributed by atoms with Gasteiger partial charge in [-0.25, -0.2) is 9.97 Å². The van der Waals surface area contributed by atoms with Gasteiger partial charge < -0.3 is 0 Å². The van der Waals surface area contributed by atoms with Gasteiger partial charge in [0.05, 0.1) is 12.4 Å². The summed E-state index contributed by atoms with van der Waals surface area (Å²) in [5.41, 5.74) is 0. The molecule has 0 aliphatic heterocycles. The van der Waals surface area contributed by atoms with Crippen molar-refractivity contribution in [3.05, 3.63) is 34.1 Å². The molecule has 66 valence electrons. The summed E-state index contributed by atoms with van der Waals surface area (Å²) in [6.07, 6.45) is 6.78. The molecule has 2 aromatic rings. The number of nitrogens with zero attached hydrogens (tertiary/aromatic N) is 4. The summed E-state index contributed by atoms with van der Waals surface area (Å²) in [4.78, 5) is 12.2. The maximum absolute atomic E-state index is 4.21. The van der Waals surface area contributed by atoms with Crippen molar-refractivity contribution in [2.45, 2.75) is 0 Å². The van der Waals surface area contributed by atoms with Crippen molar-refractivity contribution in [1.82, 2.24) is 19.5 Å². The molecule has 0 radical (unpaired) electrons. The van der Waals surface area contributed by atoms with Crippen LogP contribution in [0.2, 0.25) is 0 Å². The predicted octanol–water partition coefficient (Wildman–Crippen LogP) is 2.19. The Morgan fingerprint density at radius 1 is 1.15 bits per heavy atom. The lowest BCUT2D eigenvalue weighted by molar-refractivity contribution is 0.960. The Hall–Kier alpha value is -0.750. The zero-order valence-corrected chi connectivity index (χ0v) is 9.53. The maximum atomic E-state index is 4.21. The summed E-state index contributed by atoms with van der Waals surface area (Å²) < 4.78 is 3.26. The zero-order chi connectivity index (χ0) is 9.26. The van der Waals surface area contributed by atoms with Crippen LogP contribution >= 0.6 is 31.9 Å². The molecule has 2 aromatic heterocycles. The van der Waals surface area contributed by atoms with Crippen molar-refractivity contribution in [3.63, 3.8) is 0 Å². The van der Waals surface area contributed by atoms with Gasteiger partial charge >= 0.3 is 0 Å². The van der Waals surface area contributed by atoms with Gasteiger partial charge in [-0.15, -0.1) is 0 Å². The molecule has 0 atom stereocenters. The first-order chi connectivity index (χ1) is 6.25. The number of hydrogen-bond donors (Lipinski definition) is 0. The van der Waals surface area contributed by atoms with Crippen LogP contribution in [0.4, 0.5) is 0 Å². The molecule has 0 saturated heterocycles. The van der Waals surface area contributed by atoms with Gasteiger partial charge in [-0.3, -0.25) is 9.55 Å². The summed E-state index contributed by atoms with van der Waals surface area (Å²) >= 11 is 6.50. The van der Waals surface area contributed by atoms with Gasteiger partial charge in [0.25, 0.3) is 0 Å². The lowest BCUT2D eigenvalue weighted by Crippen LogP contribution is -1.95. The van der Waals surface area contributed by atoms with E-state index in [1.54, 1.807) is 23.3 Å². The van der Waals surface area contributed by atoms with E-state index in [0.717, 1.165) is 10.4 Å². The topological polar surface area (TPSA) is 43.6 Å². The lowest BCUT2D eigenvalue weighted by Gasteiger charge is -1.98. The molecule has 0 aliphatic rings. The fourth-order valence-electron chi connectivity index (χ4n) is 0.881. The van der Waals surface area contributed by atoms with Crippen molar-refractivity contribution in [1.29, 1.82) is 0 Å². The molecule has 6 heteroatoms. The number of rotatable bonds is 1. The molecule has 2 heterocycles. The fourth-order valence-corrected chi connectivity index (χ4v) is 1.49. The highest BCUT2D eigenvalue weighted by Gasteiger charge is 2.00. The Morgan fingerprint density at radius 2 is 2.00 bits per heavy atom. The highest BCUT2D eigenvalue weighted by molar-refractivity contribution is 9.10. The molecule has 0 unspecified atom stereocenters. The molecule has 0 aliphatic carbocycles. The van der Waals surface area contributed by atoms with E-state index in [4.69, 9.17) is 0 Å². The number of halogens is 2. The molecule has 0 amide bonds. The van der Waals surface area contributed by atoms with Gasteiger partial charge in [0.1, 0.15) is 15.5 Å². The maximum Gasteiger partial charge on any atom is 0.157 e. The molecular formula is C7H4Br2N4. The Bertz CT molecular complexity index is 426. The third kappa shape index (κ3) is 1.94.